The lowest BCUT2D eigenvalue weighted by Crippen LogP contribution is -2.51. The molecule has 0 aromatic heterocycles. The van der Waals surface area contributed by atoms with Gasteiger partial charge in [-0.05, 0) is 61.2 Å². The number of carbonyl (C=O) groups is 1. The van der Waals surface area contributed by atoms with Crippen molar-refractivity contribution < 1.29 is 31.1 Å². The summed E-state index contributed by atoms with van der Waals surface area (Å²) in [6.45, 7) is 7.28. The zero-order valence-electron chi connectivity index (χ0n) is 17.8. The number of benzene rings is 2. The molecule has 3 nitrogen and oxygen atoms in total. The van der Waals surface area contributed by atoms with E-state index in [0.29, 0.717) is 12.1 Å². The molecule has 2 atom stereocenters. The molecule has 0 saturated carbocycles. The van der Waals surface area contributed by atoms with Gasteiger partial charge in [0.15, 0.2) is 0 Å². The number of aryl methyl sites for hydroxylation is 2. The first kappa shape index (κ1) is 25.5. The summed E-state index contributed by atoms with van der Waals surface area (Å²) in [5.74, 6) is -5.47. The van der Waals surface area contributed by atoms with Crippen LogP contribution in [0.25, 0.3) is 0 Å². The first-order valence-electron chi connectivity index (χ1n) is 9.77. The highest BCUT2D eigenvalue weighted by atomic mass is 19.4. The molecule has 1 amide bonds. The summed E-state index contributed by atoms with van der Waals surface area (Å²) < 4.78 is 83.6. The van der Waals surface area contributed by atoms with Crippen molar-refractivity contribution in [2.75, 3.05) is 5.32 Å². The Kier molecular flexibility index (Phi) is 7.14. The van der Waals surface area contributed by atoms with Crippen molar-refractivity contribution in [2.45, 2.75) is 51.0 Å². The first-order valence-corrected chi connectivity index (χ1v) is 9.77. The zero-order valence-corrected chi connectivity index (χ0v) is 17.8. The van der Waals surface area contributed by atoms with Crippen molar-refractivity contribution in [3.8, 4) is 0 Å². The highest BCUT2D eigenvalue weighted by Crippen LogP contribution is 2.53. The molecule has 2 rings (SSSR count). The molecule has 0 spiro atoms. The molecular formula is C23H24F6N2O. The largest absolute Gasteiger partial charge is 0.433 e. The maximum absolute atomic E-state index is 15.0. The molecule has 2 unspecified atom stereocenters. The van der Waals surface area contributed by atoms with E-state index in [4.69, 9.17) is 5.73 Å². The van der Waals surface area contributed by atoms with Crippen LogP contribution in [0.3, 0.4) is 0 Å². The Bertz CT molecular complexity index is 999. The second kappa shape index (κ2) is 8.97. The molecule has 3 N–H and O–H groups in total. The van der Waals surface area contributed by atoms with Crippen LogP contribution in [0.1, 0.15) is 52.5 Å². The number of hydrogen-bond acceptors (Lipinski definition) is 2. The molecule has 32 heavy (non-hydrogen) atoms. The molecule has 0 radical (unpaired) electrons. The van der Waals surface area contributed by atoms with Crippen LogP contribution in [0.4, 0.5) is 32.0 Å². The van der Waals surface area contributed by atoms with Crippen LogP contribution in [0, 0.1) is 6.92 Å². The van der Waals surface area contributed by atoms with Gasteiger partial charge in [0, 0.05) is 22.9 Å². The van der Waals surface area contributed by atoms with Gasteiger partial charge >= 0.3 is 12.1 Å². The first-order chi connectivity index (χ1) is 14.7. The number of nitrogens with one attached hydrogen (secondary N) is 1. The van der Waals surface area contributed by atoms with Gasteiger partial charge in [0.25, 0.3) is 11.6 Å². The predicted molar refractivity (Wildman–Crippen MR) is 112 cm³/mol. The SMILES string of the molecule is C=CC(F)(F)C(F)(c1cc(C)c(NC(=O)c2ccc(C(C)N)cc2)c(CC)c1)C(F)(F)F. The Morgan fingerprint density at radius 3 is 2.12 bits per heavy atom. The number of amides is 1. The number of anilines is 1. The van der Waals surface area contributed by atoms with Crippen molar-refractivity contribution in [3.05, 3.63) is 76.9 Å². The van der Waals surface area contributed by atoms with E-state index in [-0.39, 0.29) is 40.9 Å². The highest BCUT2D eigenvalue weighted by Gasteiger charge is 2.71. The van der Waals surface area contributed by atoms with E-state index in [9.17, 15) is 26.7 Å². The number of hydrogen-bond donors (Lipinski definition) is 2. The average Bonchev–Trinajstić information content (AvgIpc) is 2.73. The third-order valence-electron chi connectivity index (χ3n) is 5.24. The molecule has 0 bridgehead atoms. The highest BCUT2D eigenvalue weighted by molar-refractivity contribution is 6.05. The average molecular weight is 458 g/mol. The van der Waals surface area contributed by atoms with Crippen molar-refractivity contribution in [1.29, 1.82) is 0 Å². The number of carbonyl (C=O) groups excluding carboxylic acids is 1. The van der Waals surface area contributed by atoms with E-state index >= 15 is 4.39 Å². The molecule has 0 heterocycles. The fourth-order valence-corrected chi connectivity index (χ4v) is 3.33. The van der Waals surface area contributed by atoms with E-state index in [1.165, 1.54) is 19.1 Å². The van der Waals surface area contributed by atoms with Gasteiger partial charge in [0.2, 0.25) is 0 Å². The van der Waals surface area contributed by atoms with Crippen LogP contribution in [0.2, 0.25) is 0 Å². The Balaban J connectivity index is 2.52. The maximum Gasteiger partial charge on any atom is 0.433 e. The van der Waals surface area contributed by atoms with Gasteiger partial charge in [-0.2, -0.15) is 22.0 Å². The molecule has 174 valence electrons. The number of rotatable bonds is 7. The van der Waals surface area contributed by atoms with Crippen LogP contribution in [0.5, 0.6) is 0 Å². The third kappa shape index (κ3) is 4.53. The molecule has 0 saturated heterocycles. The van der Waals surface area contributed by atoms with Crippen molar-refractivity contribution in [1.82, 2.24) is 0 Å². The van der Waals surface area contributed by atoms with E-state index < -0.39 is 29.2 Å². The van der Waals surface area contributed by atoms with Gasteiger partial charge in [0.05, 0.1) is 0 Å². The number of alkyl halides is 6. The Morgan fingerprint density at radius 2 is 1.69 bits per heavy atom. The van der Waals surface area contributed by atoms with Crippen LogP contribution in [-0.4, -0.2) is 18.0 Å². The van der Waals surface area contributed by atoms with Gasteiger partial charge in [-0.15, -0.1) is 0 Å². The van der Waals surface area contributed by atoms with Gasteiger partial charge in [-0.3, -0.25) is 4.79 Å². The van der Waals surface area contributed by atoms with Crippen molar-refractivity contribution in [2.24, 2.45) is 5.73 Å². The van der Waals surface area contributed by atoms with E-state index in [1.54, 1.807) is 26.0 Å². The zero-order chi connectivity index (χ0) is 24.5. The molecule has 0 aliphatic rings. The number of nitrogens with two attached hydrogens (primary N) is 1. The predicted octanol–water partition coefficient (Wildman–Crippen LogP) is 6.38. The van der Waals surface area contributed by atoms with Crippen molar-refractivity contribution in [3.63, 3.8) is 0 Å². The summed E-state index contributed by atoms with van der Waals surface area (Å²) >= 11 is 0. The maximum atomic E-state index is 15.0. The monoisotopic (exact) mass is 458 g/mol. The Hall–Kier alpha value is -2.81. The minimum Gasteiger partial charge on any atom is -0.324 e. The standard InChI is InChI=1S/C23H24F6N2O/c1-5-15-12-18(22(26,23(27,28)29)21(24,25)6-2)11-13(3)19(15)31-20(32)17-9-7-16(8-10-17)14(4)30/h6-12,14H,2,5,30H2,1,3-4H3,(H,31,32). The summed E-state index contributed by atoms with van der Waals surface area (Å²) in [5, 5.41) is 2.58. The minimum atomic E-state index is -5.91. The van der Waals surface area contributed by atoms with Crippen LogP contribution >= 0.6 is 0 Å². The number of halogens is 6. The third-order valence-corrected chi connectivity index (χ3v) is 5.24. The van der Waals surface area contributed by atoms with E-state index in [2.05, 4.69) is 11.9 Å². The van der Waals surface area contributed by atoms with Gasteiger partial charge < -0.3 is 11.1 Å². The van der Waals surface area contributed by atoms with Gasteiger partial charge in [0.1, 0.15) is 0 Å². The molecular weight excluding hydrogens is 434 g/mol. The smallest absolute Gasteiger partial charge is 0.324 e. The van der Waals surface area contributed by atoms with Crippen LogP contribution in [-0.2, 0) is 12.1 Å². The quantitative estimate of drug-likeness (QED) is 0.374. The van der Waals surface area contributed by atoms with Gasteiger partial charge in [-0.1, -0.05) is 31.7 Å². The summed E-state index contributed by atoms with van der Waals surface area (Å²) in [7, 11) is 0. The molecule has 2 aromatic carbocycles. The van der Waals surface area contributed by atoms with E-state index in [1.807, 2.05) is 0 Å². The second-order valence-corrected chi connectivity index (χ2v) is 7.53. The molecule has 0 fully saturated rings. The normalized spacial score (nSPS) is 15.1. The van der Waals surface area contributed by atoms with Crippen LogP contribution < -0.4 is 11.1 Å². The molecule has 0 aliphatic heterocycles. The van der Waals surface area contributed by atoms with E-state index in [0.717, 1.165) is 5.56 Å². The lowest BCUT2D eigenvalue weighted by Gasteiger charge is -2.34. The summed E-state index contributed by atoms with van der Waals surface area (Å²) in [5.41, 5.74) is 0.796. The van der Waals surface area contributed by atoms with Crippen LogP contribution in [0.15, 0.2) is 49.1 Å². The summed E-state index contributed by atoms with van der Waals surface area (Å²) in [6.07, 6.45) is -6.21. The topological polar surface area (TPSA) is 55.1 Å². The molecule has 2 aromatic rings. The van der Waals surface area contributed by atoms with Crippen molar-refractivity contribution >= 4 is 11.6 Å². The number of allylic oxidation sites excluding steroid dienone is 1. The fraction of sp³-hybridized carbons (Fsp3) is 0.348. The fourth-order valence-electron chi connectivity index (χ4n) is 3.33. The Labute approximate surface area is 182 Å². The minimum absolute atomic E-state index is 0.00559. The second-order valence-electron chi connectivity index (χ2n) is 7.53. The lowest BCUT2D eigenvalue weighted by atomic mass is 9.85. The summed E-state index contributed by atoms with van der Waals surface area (Å²) in [6, 6.07) is 7.51. The summed E-state index contributed by atoms with van der Waals surface area (Å²) in [4.78, 5) is 12.6. The molecule has 0 aliphatic carbocycles. The Morgan fingerprint density at radius 1 is 1.12 bits per heavy atom. The van der Waals surface area contributed by atoms with Gasteiger partial charge in [-0.25, -0.2) is 4.39 Å². The lowest BCUT2D eigenvalue weighted by molar-refractivity contribution is -0.296. The molecule has 9 heteroatoms.